The average molecular weight is 366 g/mol. The molecule has 3 rings (SSSR count). The van der Waals surface area contributed by atoms with Crippen LogP contribution in [0.5, 0.6) is 5.75 Å². The second kappa shape index (κ2) is 8.73. The topological polar surface area (TPSA) is 54.7 Å². The minimum absolute atomic E-state index is 0.231. The Balaban J connectivity index is 1.73. The highest BCUT2D eigenvalue weighted by atomic mass is 16.5. The Morgan fingerprint density at radius 3 is 2.52 bits per heavy atom. The third-order valence-electron chi connectivity index (χ3n) is 4.80. The van der Waals surface area contributed by atoms with Gasteiger partial charge >= 0.3 is 0 Å². The molecule has 1 N–H and O–H groups in total. The standard InChI is InChI=1S/C22H26N2O3/c1-4-24(5-2)15-18-10-7-6-9-17(18)14-23-22(25)20-13-16-11-8-12-19(26-3)21(16)27-20/h6-13H,4-5,14-15H2,1-3H3,(H,23,25). The lowest BCUT2D eigenvalue weighted by Gasteiger charge is -2.20. The van der Waals surface area contributed by atoms with Gasteiger partial charge in [0.15, 0.2) is 17.1 Å². The molecule has 0 saturated heterocycles. The van der Waals surface area contributed by atoms with E-state index in [1.807, 2.05) is 30.3 Å². The van der Waals surface area contributed by atoms with Gasteiger partial charge in [-0.15, -0.1) is 0 Å². The molecule has 1 heterocycles. The molecule has 2 aromatic carbocycles. The van der Waals surface area contributed by atoms with Gasteiger partial charge in [-0.05, 0) is 36.3 Å². The van der Waals surface area contributed by atoms with Crippen LogP contribution in [-0.2, 0) is 13.1 Å². The first-order valence-electron chi connectivity index (χ1n) is 9.30. The van der Waals surface area contributed by atoms with Crippen molar-refractivity contribution in [3.8, 4) is 5.75 Å². The van der Waals surface area contributed by atoms with Crippen LogP contribution < -0.4 is 10.1 Å². The molecule has 0 unspecified atom stereocenters. The number of ether oxygens (including phenoxy) is 1. The minimum atomic E-state index is -0.231. The molecule has 1 aromatic heterocycles. The summed E-state index contributed by atoms with van der Waals surface area (Å²) in [5.74, 6) is 0.678. The lowest BCUT2D eigenvalue weighted by molar-refractivity contribution is 0.0925. The van der Waals surface area contributed by atoms with E-state index in [-0.39, 0.29) is 11.7 Å². The Bertz CT molecular complexity index is 913. The summed E-state index contributed by atoms with van der Waals surface area (Å²) in [4.78, 5) is 14.9. The summed E-state index contributed by atoms with van der Waals surface area (Å²) in [5, 5.41) is 3.82. The van der Waals surface area contributed by atoms with Crippen molar-refractivity contribution in [1.29, 1.82) is 0 Å². The molecule has 5 nitrogen and oxygen atoms in total. The number of benzene rings is 2. The van der Waals surface area contributed by atoms with E-state index in [0.29, 0.717) is 17.9 Å². The molecular weight excluding hydrogens is 340 g/mol. The molecule has 142 valence electrons. The number of hydrogen-bond donors (Lipinski definition) is 1. The predicted octanol–water partition coefficient (Wildman–Crippen LogP) is 4.21. The Kier molecular flexibility index (Phi) is 6.14. The van der Waals surface area contributed by atoms with Gasteiger partial charge < -0.3 is 14.5 Å². The van der Waals surface area contributed by atoms with Gasteiger partial charge in [-0.25, -0.2) is 0 Å². The van der Waals surface area contributed by atoms with Crippen molar-refractivity contribution in [2.75, 3.05) is 20.2 Å². The number of rotatable bonds is 8. The summed E-state index contributed by atoms with van der Waals surface area (Å²) in [6, 6.07) is 15.5. The van der Waals surface area contributed by atoms with Gasteiger partial charge in [0.1, 0.15) is 0 Å². The van der Waals surface area contributed by atoms with E-state index < -0.39 is 0 Å². The van der Waals surface area contributed by atoms with Crippen molar-refractivity contribution >= 4 is 16.9 Å². The van der Waals surface area contributed by atoms with Gasteiger partial charge in [0.25, 0.3) is 5.91 Å². The number of methoxy groups -OCH3 is 1. The zero-order valence-corrected chi connectivity index (χ0v) is 16.1. The molecule has 0 aliphatic carbocycles. The van der Waals surface area contributed by atoms with Crippen LogP contribution in [0.3, 0.4) is 0 Å². The number of carbonyl (C=O) groups excluding carboxylic acids is 1. The van der Waals surface area contributed by atoms with E-state index in [1.165, 1.54) is 5.56 Å². The van der Waals surface area contributed by atoms with Crippen LogP contribution in [0.15, 0.2) is 52.9 Å². The Hall–Kier alpha value is -2.79. The van der Waals surface area contributed by atoms with Crippen LogP contribution >= 0.6 is 0 Å². The molecular formula is C22H26N2O3. The van der Waals surface area contributed by atoms with Crippen molar-refractivity contribution in [1.82, 2.24) is 10.2 Å². The van der Waals surface area contributed by atoms with E-state index in [9.17, 15) is 4.79 Å². The van der Waals surface area contributed by atoms with Crippen LogP contribution in [-0.4, -0.2) is 31.0 Å². The van der Waals surface area contributed by atoms with Crippen LogP contribution in [0.1, 0.15) is 35.5 Å². The third-order valence-corrected chi connectivity index (χ3v) is 4.80. The average Bonchev–Trinajstić information content (AvgIpc) is 3.15. The van der Waals surface area contributed by atoms with Crippen LogP contribution in [0.4, 0.5) is 0 Å². The Labute approximate surface area is 159 Å². The van der Waals surface area contributed by atoms with Gasteiger partial charge in [0.05, 0.1) is 7.11 Å². The van der Waals surface area contributed by atoms with Crippen LogP contribution in [0, 0.1) is 0 Å². The summed E-state index contributed by atoms with van der Waals surface area (Å²) in [5.41, 5.74) is 2.94. The van der Waals surface area contributed by atoms with E-state index in [0.717, 1.165) is 30.6 Å². The first kappa shape index (κ1) is 19.0. The minimum Gasteiger partial charge on any atom is -0.493 e. The summed E-state index contributed by atoms with van der Waals surface area (Å²) < 4.78 is 11.0. The molecule has 0 bridgehead atoms. The molecule has 0 aliphatic heterocycles. The zero-order chi connectivity index (χ0) is 19.2. The normalized spacial score (nSPS) is 11.1. The Morgan fingerprint density at radius 1 is 1.07 bits per heavy atom. The van der Waals surface area contributed by atoms with E-state index in [1.54, 1.807) is 13.2 Å². The second-order valence-electron chi connectivity index (χ2n) is 6.40. The molecule has 3 aromatic rings. The van der Waals surface area contributed by atoms with Gasteiger partial charge in [0.2, 0.25) is 0 Å². The van der Waals surface area contributed by atoms with Crippen LogP contribution in [0.25, 0.3) is 11.0 Å². The molecule has 0 radical (unpaired) electrons. The predicted molar refractivity (Wildman–Crippen MR) is 107 cm³/mol. The number of fused-ring (bicyclic) bond motifs is 1. The largest absolute Gasteiger partial charge is 0.493 e. The molecule has 0 fully saturated rings. The zero-order valence-electron chi connectivity index (χ0n) is 16.1. The molecule has 0 aliphatic rings. The van der Waals surface area contributed by atoms with Crippen molar-refractivity contribution in [2.24, 2.45) is 0 Å². The summed E-state index contributed by atoms with van der Waals surface area (Å²) >= 11 is 0. The molecule has 27 heavy (non-hydrogen) atoms. The smallest absolute Gasteiger partial charge is 0.287 e. The fourth-order valence-corrected chi connectivity index (χ4v) is 3.14. The summed E-state index contributed by atoms with van der Waals surface area (Å²) in [6.07, 6.45) is 0. The summed E-state index contributed by atoms with van der Waals surface area (Å²) in [6.45, 7) is 7.65. The monoisotopic (exact) mass is 366 g/mol. The maximum atomic E-state index is 12.6. The maximum absolute atomic E-state index is 12.6. The van der Waals surface area contributed by atoms with Crippen molar-refractivity contribution in [2.45, 2.75) is 26.9 Å². The second-order valence-corrected chi connectivity index (χ2v) is 6.40. The van der Waals surface area contributed by atoms with Gasteiger partial charge in [0, 0.05) is 18.5 Å². The number of para-hydroxylation sites is 1. The molecule has 5 heteroatoms. The highest BCUT2D eigenvalue weighted by Gasteiger charge is 2.15. The SMILES string of the molecule is CCN(CC)Cc1ccccc1CNC(=O)c1cc2cccc(OC)c2o1. The van der Waals surface area contributed by atoms with Crippen molar-refractivity contribution in [3.63, 3.8) is 0 Å². The lowest BCUT2D eigenvalue weighted by Crippen LogP contribution is -2.25. The van der Waals surface area contributed by atoms with E-state index >= 15 is 0 Å². The third kappa shape index (κ3) is 4.31. The van der Waals surface area contributed by atoms with Gasteiger partial charge in [-0.1, -0.05) is 50.2 Å². The fraction of sp³-hybridized carbons (Fsp3) is 0.318. The Morgan fingerprint density at radius 2 is 1.81 bits per heavy atom. The first-order valence-corrected chi connectivity index (χ1v) is 9.30. The number of hydrogen-bond acceptors (Lipinski definition) is 4. The highest BCUT2D eigenvalue weighted by molar-refractivity contribution is 5.97. The van der Waals surface area contributed by atoms with Crippen LogP contribution in [0.2, 0.25) is 0 Å². The number of furan rings is 1. The molecule has 1 amide bonds. The molecule has 0 saturated carbocycles. The quantitative estimate of drug-likeness (QED) is 0.649. The fourth-order valence-electron chi connectivity index (χ4n) is 3.14. The number of carbonyl (C=O) groups is 1. The summed E-state index contributed by atoms with van der Waals surface area (Å²) in [7, 11) is 1.59. The number of nitrogens with one attached hydrogen (secondary N) is 1. The molecule has 0 atom stereocenters. The number of nitrogens with zero attached hydrogens (tertiary/aromatic N) is 1. The van der Waals surface area contributed by atoms with Gasteiger partial charge in [-0.2, -0.15) is 0 Å². The van der Waals surface area contributed by atoms with E-state index in [2.05, 4.69) is 36.2 Å². The van der Waals surface area contributed by atoms with Gasteiger partial charge in [-0.3, -0.25) is 9.69 Å². The van der Waals surface area contributed by atoms with Crippen molar-refractivity contribution in [3.05, 3.63) is 65.4 Å². The van der Waals surface area contributed by atoms with Crippen molar-refractivity contribution < 1.29 is 13.9 Å². The molecule has 0 spiro atoms. The first-order chi connectivity index (χ1) is 13.2. The number of amides is 1. The highest BCUT2D eigenvalue weighted by Crippen LogP contribution is 2.28. The van der Waals surface area contributed by atoms with E-state index in [4.69, 9.17) is 9.15 Å². The maximum Gasteiger partial charge on any atom is 0.287 e. The lowest BCUT2D eigenvalue weighted by atomic mass is 10.1.